The maximum atomic E-state index is 15.2. The normalized spacial score (nSPS) is 17.1. The van der Waals surface area contributed by atoms with Crippen LogP contribution in [0.25, 0.3) is 10.9 Å². The summed E-state index contributed by atoms with van der Waals surface area (Å²) in [6.45, 7) is 2.60. The van der Waals surface area contributed by atoms with Crippen molar-refractivity contribution in [3.8, 4) is 0 Å². The second-order valence-electron chi connectivity index (χ2n) is 9.52. The van der Waals surface area contributed by atoms with Crippen molar-refractivity contribution >= 4 is 32.6 Å². The summed E-state index contributed by atoms with van der Waals surface area (Å²) in [5, 5.41) is 4.23. The Kier molecular flexibility index (Phi) is 5.23. The summed E-state index contributed by atoms with van der Waals surface area (Å²) in [6, 6.07) is 8.50. The highest BCUT2D eigenvalue weighted by Crippen LogP contribution is 2.48. The molecule has 1 spiro atoms. The fourth-order valence-corrected chi connectivity index (χ4v) is 6.27. The van der Waals surface area contributed by atoms with Crippen molar-refractivity contribution in [3.63, 3.8) is 0 Å². The van der Waals surface area contributed by atoms with Gasteiger partial charge in [-0.3, -0.25) is 0 Å². The number of nitrogens with zero attached hydrogens (tertiary/aromatic N) is 5. The lowest BCUT2D eigenvalue weighted by Crippen LogP contribution is -2.56. The lowest BCUT2D eigenvalue weighted by atomic mass is 10.1. The topological polar surface area (TPSA) is 71.3 Å². The van der Waals surface area contributed by atoms with Crippen LogP contribution >= 0.6 is 0 Å². The minimum Gasteiger partial charge on any atom is -0.350 e. The molecule has 0 atom stereocenters. The van der Waals surface area contributed by atoms with Gasteiger partial charge in [-0.05, 0) is 31.9 Å². The highest BCUT2D eigenvalue weighted by atomic mass is 32.2. The molecule has 2 aromatic carbocycles. The number of halogens is 4. The van der Waals surface area contributed by atoms with E-state index in [-0.39, 0.29) is 40.5 Å². The monoisotopic (exact) mass is 531 g/mol. The molecule has 0 N–H and O–H groups in total. The second-order valence-corrected chi connectivity index (χ2v) is 11.3. The molecule has 1 aliphatic heterocycles. The van der Waals surface area contributed by atoms with Gasteiger partial charge in [-0.1, -0.05) is 17.7 Å². The molecule has 2 fully saturated rings. The van der Waals surface area contributed by atoms with Crippen molar-refractivity contribution in [1.29, 1.82) is 0 Å². The summed E-state index contributed by atoms with van der Waals surface area (Å²) in [5.74, 6) is -3.34. The molecule has 12 heteroatoms. The molecule has 1 saturated heterocycles. The fraction of sp³-hybridized carbons (Fsp3) is 0.280. The van der Waals surface area contributed by atoms with E-state index in [1.54, 1.807) is 17.0 Å². The Hall–Kier alpha value is -3.67. The highest BCUT2D eigenvalue weighted by molar-refractivity contribution is 7.90. The first-order chi connectivity index (χ1) is 17.6. The molecule has 6 rings (SSSR count). The van der Waals surface area contributed by atoms with Crippen LogP contribution in [0.5, 0.6) is 0 Å². The molecule has 7 nitrogen and oxygen atoms in total. The van der Waals surface area contributed by atoms with Crippen LogP contribution in [0.2, 0.25) is 0 Å². The zero-order valence-electron chi connectivity index (χ0n) is 19.6. The number of pyridine rings is 1. The minimum absolute atomic E-state index is 0.0120. The SMILES string of the molecule is Cc1ccc(S(=O)(=O)n2nc(N3CCN(c4ncc(F)cc4F)CC34CC4)c3c(F)cc(F)cc32)cc1. The van der Waals surface area contributed by atoms with Gasteiger partial charge in [-0.2, -0.15) is 12.5 Å². The van der Waals surface area contributed by atoms with Crippen LogP contribution in [0, 0.1) is 30.2 Å². The first-order valence-electron chi connectivity index (χ1n) is 11.6. The Labute approximate surface area is 210 Å². The van der Waals surface area contributed by atoms with Crippen LogP contribution < -0.4 is 9.80 Å². The molecule has 3 heterocycles. The van der Waals surface area contributed by atoms with Crippen LogP contribution in [-0.4, -0.2) is 47.8 Å². The van der Waals surface area contributed by atoms with E-state index in [9.17, 15) is 21.6 Å². The Morgan fingerprint density at radius 3 is 2.27 bits per heavy atom. The van der Waals surface area contributed by atoms with E-state index >= 15 is 4.39 Å². The van der Waals surface area contributed by atoms with Gasteiger partial charge in [0, 0.05) is 37.8 Å². The molecule has 0 radical (unpaired) electrons. The van der Waals surface area contributed by atoms with Crippen molar-refractivity contribution < 1.29 is 26.0 Å². The van der Waals surface area contributed by atoms with Crippen LogP contribution in [-0.2, 0) is 10.0 Å². The maximum Gasteiger partial charge on any atom is 0.283 e. The van der Waals surface area contributed by atoms with Crippen LogP contribution in [0.3, 0.4) is 0 Å². The molecular weight excluding hydrogens is 510 g/mol. The molecule has 37 heavy (non-hydrogen) atoms. The molecule has 4 aromatic rings. The van der Waals surface area contributed by atoms with Gasteiger partial charge in [0.2, 0.25) is 0 Å². The van der Waals surface area contributed by atoms with Gasteiger partial charge < -0.3 is 9.80 Å². The van der Waals surface area contributed by atoms with Gasteiger partial charge >= 0.3 is 0 Å². The summed E-state index contributed by atoms with van der Waals surface area (Å²) >= 11 is 0. The number of piperazine rings is 1. The number of aryl methyl sites for hydroxylation is 1. The molecule has 0 unspecified atom stereocenters. The number of aromatic nitrogens is 3. The summed E-state index contributed by atoms with van der Waals surface area (Å²) < 4.78 is 85.0. The quantitative estimate of drug-likeness (QED) is 0.364. The van der Waals surface area contributed by atoms with Crippen LogP contribution in [0.15, 0.2) is 53.6 Å². The van der Waals surface area contributed by atoms with Crippen LogP contribution in [0.4, 0.5) is 29.2 Å². The van der Waals surface area contributed by atoms with Gasteiger partial charge in [-0.15, -0.1) is 5.10 Å². The summed E-state index contributed by atoms with van der Waals surface area (Å²) in [7, 11) is -4.27. The Morgan fingerprint density at radius 2 is 1.59 bits per heavy atom. The summed E-state index contributed by atoms with van der Waals surface area (Å²) in [4.78, 5) is 7.34. The number of hydrogen-bond acceptors (Lipinski definition) is 6. The molecule has 0 bridgehead atoms. The van der Waals surface area contributed by atoms with E-state index in [0.717, 1.165) is 23.9 Å². The van der Waals surface area contributed by atoms with Crippen LogP contribution in [0.1, 0.15) is 18.4 Å². The number of anilines is 2. The Morgan fingerprint density at radius 1 is 0.892 bits per heavy atom. The van der Waals surface area contributed by atoms with E-state index in [1.165, 1.54) is 12.1 Å². The van der Waals surface area contributed by atoms with Crippen molar-refractivity contribution in [3.05, 3.63) is 77.5 Å². The molecule has 192 valence electrons. The first kappa shape index (κ1) is 23.7. The number of rotatable bonds is 4. The third kappa shape index (κ3) is 3.81. The van der Waals surface area contributed by atoms with Gasteiger partial charge in [0.1, 0.15) is 17.5 Å². The summed E-state index contributed by atoms with van der Waals surface area (Å²) in [5.41, 5.74) is 0.0571. The Balaban J connectivity index is 1.45. The lowest BCUT2D eigenvalue weighted by molar-refractivity contribution is 0.489. The lowest BCUT2D eigenvalue weighted by Gasteiger charge is -2.43. The second kappa shape index (κ2) is 8.17. The minimum atomic E-state index is -4.27. The van der Waals surface area contributed by atoms with Crippen molar-refractivity contribution in [2.45, 2.75) is 30.2 Å². The van der Waals surface area contributed by atoms with Gasteiger partial charge in [-0.25, -0.2) is 22.5 Å². The average molecular weight is 532 g/mol. The fourth-order valence-electron chi connectivity index (χ4n) is 5.01. The van der Waals surface area contributed by atoms with E-state index in [0.29, 0.717) is 29.5 Å². The van der Waals surface area contributed by atoms with Gasteiger partial charge in [0.25, 0.3) is 10.0 Å². The largest absolute Gasteiger partial charge is 0.350 e. The highest BCUT2D eigenvalue weighted by Gasteiger charge is 2.53. The average Bonchev–Trinajstić information content (AvgIpc) is 3.48. The molecule has 2 aliphatic rings. The van der Waals surface area contributed by atoms with Crippen molar-refractivity contribution in [2.24, 2.45) is 0 Å². The summed E-state index contributed by atoms with van der Waals surface area (Å²) in [6.07, 6.45) is 2.27. The van der Waals surface area contributed by atoms with E-state index in [1.807, 2.05) is 11.8 Å². The predicted octanol–water partition coefficient (Wildman–Crippen LogP) is 4.39. The predicted molar refractivity (Wildman–Crippen MR) is 129 cm³/mol. The number of fused-ring (bicyclic) bond motifs is 1. The maximum absolute atomic E-state index is 15.2. The van der Waals surface area contributed by atoms with Gasteiger partial charge in [0.15, 0.2) is 17.5 Å². The molecule has 1 aliphatic carbocycles. The third-order valence-electron chi connectivity index (χ3n) is 7.02. The third-order valence-corrected chi connectivity index (χ3v) is 8.62. The van der Waals surface area contributed by atoms with E-state index < -0.39 is 38.8 Å². The first-order valence-corrected chi connectivity index (χ1v) is 13.1. The smallest absolute Gasteiger partial charge is 0.283 e. The van der Waals surface area contributed by atoms with E-state index in [4.69, 9.17) is 0 Å². The number of hydrogen-bond donors (Lipinski definition) is 0. The van der Waals surface area contributed by atoms with E-state index in [2.05, 4.69) is 10.1 Å². The van der Waals surface area contributed by atoms with Gasteiger partial charge in [0.05, 0.1) is 27.5 Å². The zero-order chi connectivity index (χ0) is 26.1. The zero-order valence-corrected chi connectivity index (χ0v) is 20.4. The molecule has 2 aromatic heterocycles. The molecular formula is C25H21F4N5O2S. The molecule has 1 saturated carbocycles. The van der Waals surface area contributed by atoms with Crippen molar-refractivity contribution in [2.75, 3.05) is 29.4 Å². The van der Waals surface area contributed by atoms with Crippen molar-refractivity contribution in [1.82, 2.24) is 14.2 Å². The Bertz CT molecular complexity index is 1650. The molecule has 0 amide bonds. The standard InChI is InChI=1S/C25H21F4N5O2S/c1-15-2-4-18(5-3-15)37(35,36)34-21-12-16(26)10-19(28)22(21)24(31-34)33-9-8-32(14-25(33)6-7-25)23-20(29)11-17(27)13-30-23/h2-5,10-13H,6-9,14H2,1H3. The number of benzene rings is 2.